The van der Waals surface area contributed by atoms with E-state index >= 15 is 0 Å². The van der Waals surface area contributed by atoms with E-state index < -0.39 is 8.80 Å². The number of rotatable bonds is 1. The van der Waals surface area contributed by atoms with Gasteiger partial charge >= 0.3 is 0 Å². The van der Waals surface area contributed by atoms with E-state index in [1.807, 2.05) is 70.3 Å². The van der Waals surface area contributed by atoms with Crippen LogP contribution in [0.5, 0.6) is 0 Å². The summed E-state index contributed by atoms with van der Waals surface area (Å²) in [5, 5.41) is 1.41. The molecule has 0 heterocycles. The molecule has 0 atom stereocenters. The Morgan fingerprint density at radius 2 is 0.950 bits per heavy atom. The van der Waals surface area contributed by atoms with Crippen LogP contribution in [0.4, 0.5) is 0 Å². The zero-order valence-electron chi connectivity index (χ0n) is 11.9. The molecule has 0 spiro atoms. The quantitative estimate of drug-likeness (QED) is 0.677. The summed E-state index contributed by atoms with van der Waals surface area (Å²) >= 11 is 0. The normalized spacial score (nSPS) is 16.6. The van der Waals surface area contributed by atoms with Gasteiger partial charge < -0.3 is 0 Å². The zero-order valence-corrected chi connectivity index (χ0v) is 15.3. The molecule has 2 fully saturated rings. The molecule has 0 bridgehead atoms. The van der Waals surface area contributed by atoms with E-state index in [2.05, 4.69) is 37.4 Å². The molecule has 0 nitrogen and oxygen atoms in total. The molecular weight excluding hydrogens is 336 g/mol. The third-order valence-corrected chi connectivity index (χ3v) is 3.70. The summed E-state index contributed by atoms with van der Waals surface area (Å²) < 4.78 is 0. The molecule has 3 rings (SSSR count). The average Bonchev–Trinajstić information content (AvgIpc) is 3.18. The molecule has 0 aliphatic heterocycles. The second-order valence-electron chi connectivity index (χ2n) is 4.07. The van der Waals surface area contributed by atoms with Crippen LogP contribution >= 0.6 is 0 Å². The number of hydrogen-bond acceptors (Lipinski definition) is 0. The topological polar surface area (TPSA) is 0 Å². The van der Waals surface area contributed by atoms with Crippen LogP contribution in [0.25, 0.3) is 0 Å². The van der Waals surface area contributed by atoms with Crippen molar-refractivity contribution in [1.29, 1.82) is 0 Å². The van der Waals surface area contributed by atoms with Crippen LogP contribution in [-0.4, -0.2) is 8.80 Å². The standard InChI is InChI=1S/C8H10Si.2C5H5.Zr/c1-9(2)8-6-4-3-5-7-8;2*1-2-4-5-3-1;/h3-7H,1H2,2H3;2*1-5H;. The van der Waals surface area contributed by atoms with Gasteiger partial charge in [0.1, 0.15) is 0 Å². The molecular formula is C18H20SiZr. The predicted octanol–water partition coefficient (Wildman–Crippen LogP) is 3.43. The van der Waals surface area contributed by atoms with E-state index in [-0.39, 0.29) is 26.2 Å². The zero-order chi connectivity index (χ0) is 13.8. The summed E-state index contributed by atoms with van der Waals surface area (Å²) in [5.74, 6) is 0. The fourth-order valence-electron chi connectivity index (χ4n) is 1.36. The minimum absolute atomic E-state index is 0. The molecule has 2 aliphatic rings. The molecule has 0 saturated heterocycles. The first-order valence-electron chi connectivity index (χ1n) is 6.35. The van der Waals surface area contributed by atoms with E-state index in [1.54, 1.807) is 0 Å². The van der Waals surface area contributed by atoms with Gasteiger partial charge in [-0.3, -0.25) is 0 Å². The minimum Gasteiger partial charge on any atom is -0.0669 e. The third-order valence-electron chi connectivity index (χ3n) is 2.38. The van der Waals surface area contributed by atoms with Crippen molar-refractivity contribution in [2.75, 3.05) is 0 Å². The van der Waals surface area contributed by atoms with Crippen molar-refractivity contribution in [3.05, 3.63) is 101 Å². The van der Waals surface area contributed by atoms with Crippen molar-refractivity contribution in [2.45, 2.75) is 6.55 Å². The van der Waals surface area contributed by atoms with E-state index in [0.717, 1.165) is 0 Å². The molecule has 0 amide bonds. The summed E-state index contributed by atoms with van der Waals surface area (Å²) in [6.07, 6.45) is 20.0. The summed E-state index contributed by atoms with van der Waals surface area (Å²) in [6, 6.07) is 10.4. The Hall–Kier alpha value is 0.320. The largest absolute Gasteiger partial charge is 0.0821 e. The molecule has 2 saturated carbocycles. The first kappa shape index (κ1) is 20.3. The SMILES string of the molecule is [CH2][Si](C)c1ccccc1.[CH]1[CH][CH][CH][CH]1.[CH]1[CH][CH][CH][CH]1.[Zr]. The number of hydrogen-bond donors (Lipinski definition) is 0. The van der Waals surface area contributed by atoms with Crippen LogP contribution in [0.2, 0.25) is 6.55 Å². The molecule has 0 unspecified atom stereocenters. The summed E-state index contributed by atoms with van der Waals surface area (Å²) in [5.41, 5.74) is 0. The van der Waals surface area contributed by atoms with Crippen molar-refractivity contribution in [2.24, 2.45) is 0 Å². The molecule has 100 valence electrons. The van der Waals surface area contributed by atoms with E-state index in [4.69, 9.17) is 0 Å². The Kier molecular flexibility index (Phi) is 14.5. The smallest absolute Gasteiger partial charge is 0.0669 e. The monoisotopic (exact) mass is 354 g/mol. The first-order valence-corrected chi connectivity index (χ1v) is 8.55. The average molecular weight is 356 g/mol. The summed E-state index contributed by atoms with van der Waals surface area (Å²) in [4.78, 5) is 0. The minimum atomic E-state index is -0.462. The van der Waals surface area contributed by atoms with Gasteiger partial charge in [-0.05, 0) is 64.2 Å². The van der Waals surface area contributed by atoms with E-state index in [0.29, 0.717) is 0 Å². The fraction of sp³-hybridized carbons (Fsp3) is 0.0556. The fourth-order valence-corrected chi connectivity index (χ4v) is 2.13. The van der Waals surface area contributed by atoms with Crippen molar-refractivity contribution in [3.63, 3.8) is 0 Å². The second kappa shape index (κ2) is 14.3. The Morgan fingerprint density at radius 1 is 0.650 bits per heavy atom. The van der Waals surface area contributed by atoms with Gasteiger partial charge in [0.05, 0.1) is 8.80 Å². The van der Waals surface area contributed by atoms with Gasteiger partial charge in [-0.15, -0.1) is 0 Å². The van der Waals surface area contributed by atoms with Gasteiger partial charge in [0.15, 0.2) is 0 Å². The Labute approximate surface area is 147 Å². The molecule has 0 N–H and O–H groups in total. The van der Waals surface area contributed by atoms with Gasteiger partial charge in [0.25, 0.3) is 0 Å². The Bertz CT molecular complexity index is 264. The second-order valence-corrected chi connectivity index (χ2v) is 6.21. The Balaban J connectivity index is 0.000000282. The van der Waals surface area contributed by atoms with Crippen LogP contribution in [0.15, 0.2) is 30.3 Å². The van der Waals surface area contributed by atoms with Crippen molar-refractivity contribution in [3.8, 4) is 0 Å². The maximum absolute atomic E-state index is 4.01. The summed E-state index contributed by atoms with van der Waals surface area (Å²) in [7, 11) is -0.462. The predicted molar refractivity (Wildman–Crippen MR) is 86.1 cm³/mol. The summed E-state index contributed by atoms with van der Waals surface area (Å²) in [6.45, 7) is 6.20. The maximum Gasteiger partial charge on any atom is 0.0821 e. The molecule has 2 aliphatic carbocycles. The van der Waals surface area contributed by atoms with Gasteiger partial charge in [-0.25, -0.2) is 0 Å². The van der Waals surface area contributed by atoms with Gasteiger partial charge in [-0.1, -0.05) is 48.6 Å². The molecule has 2 heteroatoms. The van der Waals surface area contributed by atoms with E-state index in [1.165, 1.54) is 5.19 Å². The van der Waals surface area contributed by atoms with Crippen LogP contribution in [0, 0.1) is 70.8 Å². The van der Waals surface area contributed by atoms with Gasteiger partial charge in [0, 0.05) is 26.2 Å². The molecule has 0 aromatic heterocycles. The Morgan fingerprint density at radius 3 is 1.15 bits per heavy atom. The van der Waals surface area contributed by atoms with Crippen LogP contribution in [-0.2, 0) is 26.2 Å². The van der Waals surface area contributed by atoms with Gasteiger partial charge in [0.2, 0.25) is 0 Å². The molecule has 20 heavy (non-hydrogen) atoms. The van der Waals surface area contributed by atoms with Crippen molar-refractivity contribution >= 4 is 14.0 Å². The van der Waals surface area contributed by atoms with Crippen LogP contribution < -0.4 is 5.19 Å². The first-order chi connectivity index (χ1) is 9.30. The van der Waals surface area contributed by atoms with Crippen LogP contribution in [0.1, 0.15) is 0 Å². The van der Waals surface area contributed by atoms with Crippen molar-refractivity contribution in [1.82, 2.24) is 0 Å². The van der Waals surface area contributed by atoms with Crippen molar-refractivity contribution < 1.29 is 26.2 Å². The molecule has 1 aromatic rings. The molecule has 12 radical (unpaired) electrons. The van der Waals surface area contributed by atoms with E-state index in [9.17, 15) is 0 Å². The van der Waals surface area contributed by atoms with Gasteiger partial charge in [-0.2, -0.15) is 0 Å². The molecule has 1 aromatic carbocycles. The van der Waals surface area contributed by atoms with Crippen LogP contribution in [0.3, 0.4) is 0 Å². The maximum atomic E-state index is 4.01. The third kappa shape index (κ3) is 11.0. The number of benzene rings is 1.